The third-order valence-electron chi connectivity index (χ3n) is 5.10. The molecule has 38 heavy (non-hydrogen) atoms. The minimum atomic E-state index is -0.561. The zero-order valence-corrected chi connectivity index (χ0v) is 20.9. The molecule has 1 aromatic heterocycles. The smallest absolute Gasteiger partial charge is 0.272 e. The fraction of sp³-hybridized carbons (Fsp3) is 0.0345. The third kappa shape index (κ3) is 7.87. The van der Waals surface area contributed by atoms with Crippen molar-refractivity contribution >= 4 is 47.1 Å². The quantitative estimate of drug-likeness (QED) is 0.201. The molecule has 4 rings (SSSR count). The van der Waals surface area contributed by atoms with E-state index in [1.807, 2.05) is 6.07 Å². The summed E-state index contributed by atoms with van der Waals surface area (Å²) in [4.78, 5) is 43.0. The lowest BCUT2D eigenvalue weighted by Gasteiger charge is -2.12. The molecule has 0 unspecified atom stereocenters. The van der Waals surface area contributed by atoms with E-state index in [2.05, 4.69) is 20.9 Å². The summed E-state index contributed by atoms with van der Waals surface area (Å²) in [5.74, 6) is -1.03. The number of benzene rings is 3. The Kier molecular flexibility index (Phi) is 8.98. The van der Waals surface area contributed by atoms with Crippen molar-refractivity contribution in [3.63, 3.8) is 0 Å². The molecule has 4 aromatic rings. The molecule has 9 heteroatoms. The minimum absolute atomic E-state index is 0.0155. The molecule has 0 aliphatic heterocycles. The Morgan fingerprint density at radius 2 is 1.61 bits per heavy atom. The Morgan fingerprint density at radius 1 is 0.842 bits per heavy atom. The molecule has 3 N–H and O–H groups in total. The number of halogens is 1. The van der Waals surface area contributed by atoms with Crippen molar-refractivity contribution in [2.24, 2.45) is 0 Å². The molecule has 0 saturated carbocycles. The van der Waals surface area contributed by atoms with Gasteiger partial charge in [-0.3, -0.25) is 14.4 Å². The lowest BCUT2D eigenvalue weighted by molar-refractivity contribution is -0.114. The van der Waals surface area contributed by atoms with Crippen LogP contribution >= 0.6 is 11.8 Å². The summed E-state index contributed by atoms with van der Waals surface area (Å²) < 4.78 is 13.4. The van der Waals surface area contributed by atoms with Gasteiger partial charge in [0.2, 0.25) is 5.91 Å². The van der Waals surface area contributed by atoms with E-state index in [0.717, 1.165) is 4.90 Å². The fourth-order valence-electron chi connectivity index (χ4n) is 3.29. The standard InChI is InChI=1S/C29H23FN4O3S/c30-22-14-12-20(13-15-22)17-25(33-28(36)21-7-2-1-3-8-21)29(37)32-23-9-6-10-24(18-23)38-19-27(35)34-26-11-4-5-16-31-26/h1-18H,19H2,(H,32,37)(H,33,36)(H,31,34,35)/b25-17-. The van der Waals surface area contributed by atoms with Gasteiger partial charge in [0, 0.05) is 22.3 Å². The highest BCUT2D eigenvalue weighted by Crippen LogP contribution is 2.22. The maximum Gasteiger partial charge on any atom is 0.272 e. The van der Waals surface area contributed by atoms with Crippen LogP contribution < -0.4 is 16.0 Å². The van der Waals surface area contributed by atoms with E-state index < -0.39 is 17.6 Å². The number of nitrogens with zero attached hydrogens (tertiary/aromatic N) is 1. The summed E-state index contributed by atoms with van der Waals surface area (Å²) in [6, 6.07) is 26.3. The topological polar surface area (TPSA) is 100 Å². The van der Waals surface area contributed by atoms with E-state index in [1.165, 1.54) is 42.1 Å². The Labute approximate surface area is 223 Å². The summed E-state index contributed by atoms with van der Waals surface area (Å²) in [7, 11) is 0. The number of carbonyl (C=O) groups excluding carboxylic acids is 3. The molecule has 7 nitrogen and oxygen atoms in total. The van der Waals surface area contributed by atoms with Gasteiger partial charge in [-0.15, -0.1) is 11.8 Å². The van der Waals surface area contributed by atoms with Crippen LogP contribution in [-0.2, 0) is 9.59 Å². The largest absolute Gasteiger partial charge is 0.321 e. The molecule has 0 aliphatic rings. The Morgan fingerprint density at radius 3 is 2.34 bits per heavy atom. The second kappa shape index (κ2) is 13.0. The third-order valence-corrected chi connectivity index (χ3v) is 6.10. The van der Waals surface area contributed by atoms with E-state index in [4.69, 9.17) is 0 Å². The number of carbonyl (C=O) groups is 3. The molecule has 0 bridgehead atoms. The monoisotopic (exact) mass is 526 g/mol. The highest BCUT2D eigenvalue weighted by Gasteiger charge is 2.15. The van der Waals surface area contributed by atoms with Gasteiger partial charge < -0.3 is 16.0 Å². The van der Waals surface area contributed by atoms with E-state index in [9.17, 15) is 18.8 Å². The maximum atomic E-state index is 13.4. The summed E-state index contributed by atoms with van der Waals surface area (Å²) in [5.41, 5.74) is 1.38. The summed E-state index contributed by atoms with van der Waals surface area (Å²) >= 11 is 1.30. The first-order chi connectivity index (χ1) is 18.5. The van der Waals surface area contributed by atoms with Gasteiger partial charge in [-0.1, -0.05) is 42.5 Å². The van der Waals surface area contributed by atoms with Crippen LogP contribution in [0.4, 0.5) is 15.9 Å². The molecule has 0 spiro atoms. The van der Waals surface area contributed by atoms with Crippen molar-refractivity contribution in [2.75, 3.05) is 16.4 Å². The highest BCUT2D eigenvalue weighted by molar-refractivity contribution is 8.00. The first-order valence-corrected chi connectivity index (χ1v) is 12.5. The van der Waals surface area contributed by atoms with Crippen molar-refractivity contribution in [3.8, 4) is 0 Å². The van der Waals surface area contributed by atoms with E-state index in [1.54, 1.807) is 72.9 Å². The number of aromatic nitrogens is 1. The highest BCUT2D eigenvalue weighted by atomic mass is 32.2. The molecule has 0 aliphatic carbocycles. The molecule has 3 amide bonds. The SMILES string of the molecule is O=C(CSc1cccc(NC(=O)/C(=C/c2ccc(F)cc2)NC(=O)c2ccccc2)c1)Nc1ccccn1. The van der Waals surface area contributed by atoms with Crippen LogP contribution in [0.3, 0.4) is 0 Å². The Hall–Kier alpha value is -4.76. The van der Waals surface area contributed by atoms with Crippen LogP contribution in [0.2, 0.25) is 0 Å². The van der Waals surface area contributed by atoms with Crippen molar-refractivity contribution < 1.29 is 18.8 Å². The van der Waals surface area contributed by atoms with Crippen LogP contribution in [0.15, 0.2) is 114 Å². The van der Waals surface area contributed by atoms with Crippen molar-refractivity contribution in [2.45, 2.75) is 4.90 Å². The Balaban J connectivity index is 1.45. The van der Waals surface area contributed by atoms with Gasteiger partial charge in [-0.05, 0) is 66.2 Å². The van der Waals surface area contributed by atoms with Crippen LogP contribution in [0.1, 0.15) is 15.9 Å². The van der Waals surface area contributed by atoms with Crippen LogP contribution in [0, 0.1) is 5.82 Å². The zero-order chi connectivity index (χ0) is 26.7. The van der Waals surface area contributed by atoms with Crippen molar-refractivity contribution in [3.05, 3.63) is 126 Å². The van der Waals surface area contributed by atoms with Gasteiger partial charge in [0.05, 0.1) is 5.75 Å². The molecule has 3 aromatic carbocycles. The molecule has 0 atom stereocenters. The molecule has 1 heterocycles. The van der Waals surface area contributed by atoms with Crippen molar-refractivity contribution in [1.82, 2.24) is 10.3 Å². The lowest BCUT2D eigenvalue weighted by Crippen LogP contribution is -2.30. The number of hydrogen-bond donors (Lipinski definition) is 3. The first kappa shape index (κ1) is 26.3. The average Bonchev–Trinajstić information content (AvgIpc) is 2.94. The molecule has 0 fully saturated rings. The molecule has 0 radical (unpaired) electrons. The summed E-state index contributed by atoms with van der Waals surface area (Å²) in [6.45, 7) is 0. The number of pyridine rings is 1. The van der Waals surface area contributed by atoms with Gasteiger partial charge in [-0.25, -0.2) is 9.37 Å². The normalized spacial score (nSPS) is 10.9. The number of amides is 3. The van der Waals surface area contributed by atoms with Crippen molar-refractivity contribution in [1.29, 1.82) is 0 Å². The summed E-state index contributed by atoms with van der Waals surface area (Å²) in [5, 5.41) is 8.15. The lowest BCUT2D eigenvalue weighted by atomic mass is 10.1. The van der Waals surface area contributed by atoms with Gasteiger partial charge in [0.25, 0.3) is 11.8 Å². The van der Waals surface area contributed by atoms with Crippen LogP contribution in [0.5, 0.6) is 0 Å². The average molecular weight is 527 g/mol. The van der Waals surface area contributed by atoms with E-state index in [-0.39, 0.29) is 17.4 Å². The van der Waals surface area contributed by atoms with Crippen LogP contribution in [-0.4, -0.2) is 28.5 Å². The maximum absolute atomic E-state index is 13.4. The zero-order valence-electron chi connectivity index (χ0n) is 20.1. The number of nitrogens with one attached hydrogen (secondary N) is 3. The predicted octanol–water partition coefficient (Wildman–Crippen LogP) is 5.36. The molecular weight excluding hydrogens is 503 g/mol. The Bertz CT molecular complexity index is 1450. The minimum Gasteiger partial charge on any atom is -0.321 e. The van der Waals surface area contributed by atoms with Gasteiger partial charge in [-0.2, -0.15) is 0 Å². The van der Waals surface area contributed by atoms with Gasteiger partial charge in [0.1, 0.15) is 17.3 Å². The molecular formula is C29H23FN4O3S. The predicted molar refractivity (Wildman–Crippen MR) is 147 cm³/mol. The van der Waals surface area contributed by atoms with E-state index >= 15 is 0 Å². The first-order valence-electron chi connectivity index (χ1n) is 11.5. The van der Waals surface area contributed by atoms with E-state index in [0.29, 0.717) is 22.6 Å². The van der Waals surface area contributed by atoms with Gasteiger partial charge in [0.15, 0.2) is 0 Å². The summed E-state index contributed by atoms with van der Waals surface area (Å²) in [6.07, 6.45) is 3.06. The molecule has 0 saturated heterocycles. The second-order valence-electron chi connectivity index (χ2n) is 7.96. The number of anilines is 2. The van der Waals surface area contributed by atoms with Crippen LogP contribution in [0.25, 0.3) is 6.08 Å². The number of rotatable bonds is 9. The number of thioether (sulfide) groups is 1. The molecule has 190 valence electrons. The van der Waals surface area contributed by atoms with Gasteiger partial charge >= 0.3 is 0 Å². The fourth-order valence-corrected chi connectivity index (χ4v) is 4.05. The number of hydrogen-bond acceptors (Lipinski definition) is 5. The second-order valence-corrected chi connectivity index (χ2v) is 9.01.